The predicted octanol–water partition coefficient (Wildman–Crippen LogP) is -3.66. The van der Waals surface area contributed by atoms with E-state index in [4.69, 9.17) is 9.47 Å². The predicted molar refractivity (Wildman–Crippen MR) is 149 cm³/mol. The molecule has 4 heterocycles. The number of β-lactam (4-membered cyclic amide) rings is 1. The van der Waals surface area contributed by atoms with E-state index in [1.165, 1.54) is 19.5 Å². The number of hydrogen-bond donors (Lipinski definition) is 3. The van der Waals surface area contributed by atoms with Crippen molar-refractivity contribution >= 4 is 52.5 Å². The summed E-state index contributed by atoms with van der Waals surface area (Å²) in [6, 6.07) is 9.95. The Labute approximate surface area is 275 Å². The zero-order valence-corrected chi connectivity index (χ0v) is 26.6. The molecule has 1 saturated heterocycles. The van der Waals surface area contributed by atoms with Crippen LogP contribution in [0.1, 0.15) is 28.9 Å². The number of carbonyl (C=O) groups is 5. The maximum absolute atomic E-state index is 13.8. The van der Waals surface area contributed by atoms with Crippen LogP contribution in [0, 0.1) is 0 Å². The molecule has 0 saturated carbocycles. The number of carboxylic acid groups (broad SMARTS) is 1. The molecule has 0 radical (unpaired) electrons. The number of aromatic amines is 1. The van der Waals surface area contributed by atoms with E-state index in [-0.39, 0.29) is 58.6 Å². The molecular formula is C28H24N5NaO9S. The molecule has 3 amide bonds. The van der Waals surface area contributed by atoms with E-state index in [0.29, 0.717) is 11.1 Å². The number of aliphatic carboxylic acids is 1. The third-order valence-electron chi connectivity index (χ3n) is 6.94. The number of methoxy groups -OCH3 is 1. The van der Waals surface area contributed by atoms with Crippen LogP contribution < -0.4 is 50.7 Å². The first-order valence-electron chi connectivity index (χ1n) is 12.8. The van der Waals surface area contributed by atoms with Gasteiger partial charge in [0.05, 0.1) is 17.2 Å². The Bertz CT molecular complexity index is 1750. The molecule has 1 unspecified atom stereocenters. The molecule has 1 aromatic carbocycles. The van der Waals surface area contributed by atoms with Gasteiger partial charge in [-0.25, -0.2) is 0 Å². The van der Waals surface area contributed by atoms with E-state index >= 15 is 0 Å². The van der Waals surface area contributed by atoms with Gasteiger partial charge in [-0.3, -0.25) is 33.9 Å². The van der Waals surface area contributed by atoms with Crippen molar-refractivity contribution in [3.8, 4) is 0 Å². The average molecular weight is 630 g/mol. The maximum atomic E-state index is 13.8. The molecule has 0 spiro atoms. The molecule has 5 rings (SSSR count). The molecule has 44 heavy (non-hydrogen) atoms. The van der Waals surface area contributed by atoms with Gasteiger partial charge in [0.2, 0.25) is 11.3 Å². The van der Waals surface area contributed by atoms with Crippen molar-refractivity contribution < 1.29 is 68.1 Å². The minimum absolute atomic E-state index is 0. The van der Waals surface area contributed by atoms with Crippen LogP contribution in [0.4, 0.5) is 0 Å². The molecule has 1 fully saturated rings. The number of amides is 3. The number of fused-ring (bicyclic) bond motifs is 2. The van der Waals surface area contributed by atoms with E-state index < -0.39 is 57.9 Å². The van der Waals surface area contributed by atoms with Crippen molar-refractivity contribution in [2.45, 2.75) is 24.1 Å². The van der Waals surface area contributed by atoms with Crippen molar-refractivity contribution in [3.05, 3.63) is 87.5 Å². The summed E-state index contributed by atoms with van der Waals surface area (Å²) < 4.78 is 10.4. The fourth-order valence-electron chi connectivity index (χ4n) is 4.86. The Morgan fingerprint density at radius 1 is 1.18 bits per heavy atom. The molecule has 0 bridgehead atoms. The number of esters is 1. The van der Waals surface area contributed by atoms with E-state index in [2.05, 4.69) is 20.6 Å². The first kappa shape index (κ1) is 32.9. The number of ether oxygens (including phenoxy) is 2. The third-order valence-corrected chi connectivity index (χ3v) is 8.31. The number of carbonyl (C=O) groups excluding carboxylic acids is 5. The molecule has 2 aromatic heterocycles. The molecule has 3 aromatic rings. The minimum atomic E-state index is -2.00. The number of hydrogen-bond acceptors (Lipinski definition) is 11. The molecule has 0 aliphatic carbocycles. The zero-order chi connectivity index (χ0) is 30.9. The molecule has 3 atom stereocenters. The van der Waals surface area contributed by atoms with Crippen LogP contribution in [0.5, 0.6) is 0 Å². The van der Waals surface area contributed by atoms with Gasteiger partial charge < -0.3 is 35.0 Å². The fraction of sp³-hybridized carbons (Fsp3) is 0.250. The quantitative estimate of drug-likeness (QED) is 0.0912. The first-order chi connectivity index (χ1) is 20.6. The summed E-state index contributed by atoms with van der Waals surface area (Å²) >= 11 is 1.08. The van der Waals surface area contributed by atoms with Gasteiger partial charge in [0.15, 0.2) is 0 Å². The summed E-state index contributed by atoms with van der Waals surface area (Å²) in [6.45, 7) is 0.799. The topological polar surface area (TPSA) is 200 Å². The molecule has 16 heteroatoms. The van der Waals surface area contributed by atoms with Gasteiger partial charge >= 0.3 is 35.5 Å². The van der Waals surface area contributed by atoms with Gasteiger partial charge in [-0.1, -0.05) is 30.3 Å². The summed E-state index contributed by atoms with van der Waals surface area (Å²) in [4.78, 5) is 84.6. The van der Waals surface area contributed by atoms with Crippen LogP contribution in [0.2, 0.25) is 0 Å². The average Bonchev–Trinajstić information content (AvgIpc) is 3.01. The van der Waals surface area contributed by atoms with E-state index in [1.54, 1.807) is 42.5 Å². The number of nitrogens with one attached hydrogen (secondary N) is 3. The van der Waals surface area contributed by atoms with Crippen molar-refractivity contribution in [1.82, 2.24) is 25.5 Å². The van der Waals surface area contributed by atoms with Crippen molar-refractivity contribution in [3.63, 3.8) is 0 Å². The summed E-state index contributed by atoms with van der Waals surface area (Å²) in [5.41, 5.74) is -2.50. The summed E-state index contributed by atoms with van der Waals surface area (Å²) in [7, 11) is 1.17. The SMILES string of the molecule is CO[C@@]1(NC(=O)C(NC(=O)c2c[nH]c3cccnc3c2=O)c2ccccc2)C(=O)N2C(C(=O)[O-])=C(COC(C)=O)CS[C@H]21.[Na+]. The molecule has 3 N–H and O–H groups in total. The second-order valence-electron chi connectivity index (χ2n) is 9.54. The fourth-order valence-corrected chi connectivity index (χ4v) is 6.28. The van der Waals surface area contributed by atoms with Gasteiger partial charge in [0.25, 0.3) is 17.5 Å². The second-order valence-corrected chi connectivity index (χ2v) is 10.6. The monoisotopic (exact) mass is 629 g/mol. The minimum Gasteiger partial charge on any atom is -0.543 e. The van der Waals surface area contributed by atoms with Crippen LogP contribution in [0.3, 0.4) is 0 Å². The number of nitrogens with zero attached hydrogens (tertiary/aromatic N) is 2. The van der Waals surface area contributed by atoms with Crippen molar-refractivity contribution in [2.75, 3.05) is 19.5 Å². The Morgan fingerprint density at radius 2 is 1.91 bits per heavy atom. The van der Waals surface area contributed by atoms with Crippen LogP contribution in [0.25, 0.3) is 11.0 Å². The number of rotatable bonds is 9. The van der Waals surface area contributed by atoms with Crippen LogP contribution in [-0.4, -0.2) is 75.1 Å². The Kier molecular flexibility index (Phi) is 9.95. The number of pyridine rings is 2. The first-order valence-corrected chi connectivity index (χ1v) is 13.8. The number of benzene rings is 1. The maximum Gasteiger partial charge on any atom is 1.00 e. The van der Waals surface area contributed by atoms with Crippen LogP contribution >= 0.6 is 11.8 Å². The largest absolute Gasteiger partial charge is 1.00 e. The zero-order valence-electron chi connectivity index (χ0n) is 23.7. The van der Waals surface area contributed by atoms with Gasteiger partial charge in [-0.05, 0) is 17.7 Å². The number of carboxylic acids is 1. The van der Waals surface area contributed by atoms with Gasteiger partial charge in [0.1, 0.15) is 29.1 Å². The van der Waals surface area contributed by atoms with E-state index in [1.807, 2.05) is 0 Å². The molecule has 2 aliphatic rings. The third kappa shape index (κ3) is 5.88. The second kappa shape index (κ2) is 13.3. The Hall–Kier alpha value is -4.02. The molecule has 222 valence electrons. The smallest absolute Gasteiger partial charge is 0.543 e. The molecular weight excluding hydrogens is 605 g/mol. The van der Waals surface area contributed by atoms with Crippen molar-refractivity contribution in [2.24, 2.45) is 0 Å². The number of H-pyrrole nitrogens is 1. The summed E-state index contributed by atoms with van der Waals surface area (Å²) in [5, 5.41) is 16.1. The Balaban J connectivity index is 0.00000442. The Morgan fingerprint density at radius 3 is 2.57 bits per heavy atom. The van der Waals surface area contributed by atoms with Gasteiger partial charge in [-0.15, -0.1) is 11.8 Å². The van der Waals surface area contributed by atoms with Crippen LogP contribution in [-0.2, 0) is 28.7 Å². The number of aromatic nitrogens is 2. The van der Waals surface area contributed by atoms with Crippen LogP contribution in [0.15, 0.2) is 70.9 Å². The molecule has 14 nitrogen and oxygen atoms in total. The van der Waals surface area contributed by atoms with Gasteiger partial charge in [-0.2, -0.15) is 0 Å². The standard InChI is InChI=1S/C28H25N5O9S.Na/c1-14(34)42-12-16-13-43-27-28(41-2,26(40)33(27)21(16)25(38)39)32-24(37)19(15-7-4-3-5-8-15)31-23(36)17-11-30-18-9-6-10-29-20(18)22(17)35;/h3-11,19,27H,12-13H2,1-2H3,(H,30,35)(H,31,36)(H,32,37)(H,38,39);/q;+1/p-1/t19?,27-,28-;/m0./s1. The summed E-state index contributed by atoms with van der Waals surface area (Å²) in [5.74, 6) is -4.92. The van der Waals surface area contributed by atoms with E-state index in [9.17, 15) is 33.9 Å². The van der Waals surface area contributed by atoms with Crippen molar-refractivity contribution in [1.29, 1.82) is 0 Å². The van der Waals surface area contributed by atoms with E-state index in [0.717, 1.165) is 23.6 Å². The molecule has 2 aliphatic heterocycles. The number of thioether (sulfide) groups is 1. The normalized spacial score (nSPS) is 19.6. The van der Waals surface area contributed by atoms with Gasteiger partial charge in [0, 0.05) is 37.8 Å². The summed E-state index contributed by atoms with van der Waals surface area (Å²) in [6.07, 6.45) is 2.62.